The zero-order valence-corrected chi connectivity index (χ0v) is 19.0. The SMILES string of the molecule is CC1=C(C(=O)Nc2ccc(C)cc2C)[C@@H](c2cccc([N+](=O)[O-])c2)n2c(nc3ccccc32)N1. The molecule has 8 nitrogen and oxygen atoms in total. The van der Waals surface area contributed by atoms with Crippen LogP contribution in [0.25, 0.3) is 11.0 Å². The van der Waals surface area contributed by atoms with E-state index in [1.807, 2.05) is 67.8 Å². The van der Waals surface area contributed by atoms with Crippen LogP contribution in [0.1, 0.15) is 29.7 Å². The number of nitro benzene ring substituents is 1. The highest BCUT2D eigenvalue weighted by molar-refractivity contribution is 6.06. The van der Waals surface area contributed by atoms with E-state index in [1.54, 1.807) is 12.1 Å². The number of para-hydroxylation sites is 2. The zero-order valence-electron chi connectivity index (χ0n) is 19.0. The minimum absolute atomic E-state index is 0.0335. The Balaban J connectivity index is 1.68. The molecule has 1 aliphatic heterocycles. The molecule has 34 heavy (non-hydrogen) atoms. The van der Waals surface area contributed by atoms with Gasteiger partial charge in [0.2, 0.25) is 5.95 Å². The third-order valence-electron chi connectivity index (χ3n) is 6.10. The van der Waals surface area contributed by atoms with Gasteiger partial charge in [0.15, 0.2) is 0 Å². The van der Waals surface area contributed by atoms with Gasteiger partial charge in [0, 0.05) is 23.5 Å². The van der Waals surface area contributed by atoms with Crippen molar-refractivity contribution in [2.75, 3.05) is 10.6 Å². The van der Waals surface area contributed by atoms with Crippen molar-refractivity contribution in [2.45, 2.75) is 26.8 Å². The molecule has 1 atom stereocenters. The molecule has 1 aromatic heterocycles. The molecule has 3 aromatic carbocycles. The summed E-state index contributed by atoms with van der Waals surface area (Å²) in [6, 6.07) is 19.3. The summed E-state index contributed by atoms with van der Waals surface area (Å²) in [5.74, 6) is 0.301. The van der Waals surface area contributed by atoms with Crippen LogP contribution in [0.4, 0.5) is 17.3 Å². The number of carbonyl (C=O) groups is 1. The Kier molecular flexibility index (Phi) is 5.13. The van der Waals surface area contributed by atoms with Gasteiger partial charge in [-0.15, -0.1) is 0 Å². The van der Waals surface area contributed by atoms with Crippen LogP contribution in [0, 0.1) is 24.0 Å². The van der Waals surface area contributed by atoms with Gasteiger partial charge in [-0.1, -0.05) is 42.0 Å². The zero-order chi connectivity index (χ0) is 24.0. The lowest BCUT2D eigenvalue weighted by Crippen LogP contribution is -2.31. The summed E-state index contributed by atoms with van der Waals surface area (Å²) in [4.78, 5) is 29.5. The minimum Gasteiger partial charge on any atom is -0.329 e. The van der Waals surface area contributed by atoms with Gasteiger partial charge in [-0.05, 0) is 50.1 Å². The smallest absolute Gasteiger partial charge is 0.269 e. The molecule has 0 saturated heterocycles. The summed E-state index contributed by atoms with van der Waals surface area (Å²) in [7, 11) is 0. The fourth-order valence-electron chi connectivity index (χ4n) is 4.53. The monoisotopic (exact) mass is 453 g/mol. The van der Waals surface area contributed by atoms with Gasteiger partial charge >= 0.3 is 0 Å². The van der Waals surface area contributed by atoms with E-state index in [2.05, 4.69) is 10.6 Å². The maximum absolute atomic E-state index is 13.7. The van der Waals surface area contributed by atoms with Crippen LogP contribution in [0.15, 0.2) is 78.0 Å². The van der Waals surface area contributed by atoms with E-state index in [4.69, 9.17) is 4.98 Å². The van der Waals surface area contributed by atoms with Crippen LogP contribution in [0.3, 0.4) is 0 Å². The Hall–Kier alpha value is -4.46. The first-order chi connectivity index (χ1) is 16.3. The highest BCUT2D eigenvalue weighted by atomic mass is 16.6. The van der Waals surface area contributed by atoms with Crippen LogP contribution in [-0.4, -0.2) is 20.4 Å². The normalized spacial score (nSPS) is 15.1. The van der Waals surface area contributed by atoms with E-state index in [0.29, 0.717) is 22.8 Å². The van der Waals surface area contributed by atoms with E-state index in [1.165, 1.54) is 12.1 Å². The third-order valence-corrected chi connectivity index (χ3v) is 6.10. The number of allylic oxidation sites excluding steroid dienone is 1. The number of nitrogens with one attached hydrogen (secondary N) is 2. The van der Waals surface area contributed by atoms with Crippen molar-refractivity contribution in [2.24, 2.45) is 0 Å². The second kappa shape index (κ2) is 8.15. The lowest BCUT2D eigenvalue weighted by atomic mass is 9.93. The van der Waals surface area contributed by atoms with E-state index in [0.717, 1.165) is 27.8 Å². The first kappa shape index (κ1) is 21.4. The highest BCUT2D eigenvalue weighted by Gasteiger charge is 2.34. The number of carbonyl (C=O) groups excluding carboxylic acids is 1. The Labute approximate surface area is 196 Å². The van der Waals surface area contributed by atoms with Crippen LogP contribution in [0.5, 0.6) is 0 Å². The highest BCUT2D eigenvalue weighted by Crippen LogP contribution is 2.40. The molecule has 8 heteroatoms. The van der Waals surface area contributed by atoms with E-state index < -0.39 is 11.0 Å². The largest absolute Gasteiger partial charge is 0.329 e. The molecule has 0 bridgehead atoms. The number of nitro groups is 1. The molecular formula is C26H23N5O3. The van der Waals surface area contributed by atoms with Gasteiger partial charge < -0.3 is 10.6 Å². The topological polar surface area (TPSA) is 102 Å². The van der Waals surface area contributed by atoms with Gasteiger partial charge in [0.05, 0.1) is 27.6 Å². The van der Waals surface area contributed by atoms with Gasteiger partial charge in [-0.25, -0.2) is 4.98 Å². The fraction of sp³-hybridized carbons (Fsp3) is 0.154. The Bertz CT molecular complexity index is 1500. The molecule has 170 valence electrons. The molecule has 0 saturated carbocycles. The molecule has 0 aliphatic carbocycles. The Morgan fingerprint density at radius 1 is 1.06 bits per heavy atom. The molecule has 5 rings (SSSR count). The number of rotatable bonds is 4. The van der Waals surface area contributed by atoms with Crippen molar-refractivity contribution in [3.05, 3.63) is 105 Å². The first-order valence-corrected chi connectivity index (χ1v) is 10.9. The van der Waals surface area contributed by atoms with E-state index >= 15 is 0 Å². The number of aromatic nitrogens is 2. The van der Waals surface area contributed by atoms with Crippen molar-refractivity contribution in [1.29, 1.82) is 0 Å². The van der Waals surface area contributed by atoms with Crippen LogP contribution < -0.4 is 10.6 Å². The van der Waals surface area contributed by atoms with Crippen molar-refractivity contribution in [1.82, 2.24) is 9.55 Å². The minimum atomic E-state index is -0.602. The van der Waals surface area contributed by atoms with Crippen molar-refractivity contribution in [3.8, 4) is 0 Å². The predicted octanol–water partition coefficient (Wildman–Crippen LogP) is 5.49. The number of imidazole rings is 1. The second-order valence-electron chi connectivity index (χ2n) is 8.48. The summed E-state index contributed by atoms with van der Waals surface area (Å²) in [5.41, 5.74) is 6.08. The number of fused-ring (bicyclic) bond motifs is 3. The standard InChI is InChI=1S/C26H23N5O3/c1-15-11-12-20(16(2)13-15)28-25(32)23-17(3)27-26-29-21-9-4-5-10-22(21)30(26)24(23)18-7-6-8-19(14-18)31(33)34/h4-14,24H,1-3H3,(H,27,29)(H,28,32)/t24-/m1/s1. The van der Waals surface area contributed by atoms with E-state index in [9.17, 15) is 14.9 Å². The fourth-order valence-corrected chi connectivity index (χ4v) is 4.53. The molecule has 0 radical (unpaired) electrons. The average Bonchev–Trinajstić information content (AvgIpc) is 3.17. The lowest BCUT2D eigenvalue weighted by molar-refractivity contribution is -0.384. The number of amides is 1. The van der Waals surface area contributed by atoms with Crippen LogP contribution in [-0.2, 0) is 4.79 Å². The number of hydrogen-bond donors (Lipinski definition) is 2. The van der Waals surface area contributed by atoms with Gasteiger partial charge in [0.25, 0.3) is 11.6 Å². The molecule has 1 amide bonds. The Morgan fingerprint density at radius 3 is 2.62 bits per heavy atom. The molecule has 2 heterocycles. The number of hydrogen-bond acceptors (Lipinski definition) is 5. The van der Waals surface area contributed by atoms with Crippen molar-refractivity contribution in [3.63, 3.8) is 0 Å². The number of non-ortho nitro benzene ring substituents is 1. The quantitative estimate of drug-likeness (QED) is 0.314. The van der Waals surface area contributed by atoms with Crippen LogP contribution >= 0.6 is 0 Å². The summed E-state index contributed by atoms with van der Waals surface area (Å²) in [6.45, 7) is 5.77. The van der Waals surface area contributed by atoms with Gasteiger partial charge in [-0.3, -0.25) is 19.5 Å². The predicted molar refractivity (Wildman–Crippen MR) is 132 cm³/mol. The average molecular weight is 454 g/mol. The maximum atomic E-state index is 13.7. The molecular weight excluding hydrogens is 430 g/mol. The van der Waals surface area contributed by atoms with Gasteiger partial charge in [0.1, 0.15) is 0 Å². The molecule has 0 fully saturated rings. The number of anilines is 2. The van der Waals surface area contributed by atoms with E-state index in [-0.39, 0.29) is 11.6 Å². The summed E-state index contributed by atoms with van der Waals surface area (Å²) in [6.07, 6.45) is 0. The number of benzene rings is 3. The molecule has 0 spiro atoms. The molecule has 0 unspecified atom stereocenters. The third kappa shape index (κ3) is 3.59. The molecule has 2 N–H and O–H groups in total. The first-order valence-electron chi connectivity index (χ1n) is 10.9. The summed E-state index contributed by atoms with van der Waals surface area (Å²) >= 11 is 0. The van der Waals surface area contributed by atoms with Gasteiger partial charge in [-0.2, -0.15) is 0 Å². The lowest BCUT2D eigenvalue weighted by Gasteiger charge is -2.30. The maximum Gasteiger partial charge on any atom is 0.269 e. The molecule has 4 aromatic rings. The molecule has 1 aliphatic rings. The number of aryl methyl sites for hydroxylation is 2. The second-order valence-corrected chi connectivity index (χ2v) is 8.48. The Morgan fingerprint density at radius 2 is 1.85 bits per heavy atom. The van der Waals surface area contributed by atoms with Crippen molar-refractivity contribution < 1.29 is 9.72 Å². The van der Waals surface area contributed by atoms with Crippen molar-refractivity contribution >= 4 is 34.3 Å². The summed E-state index contributed by atoms with van der Waals surface area (Å²) < 4.78 is 1.93. The van der Waals surface area contributed by atoms with Crippen LogP contribution in [0.2, 0.25) is 0 Å². The number of nitrogens with zero attached hydrogens (tertiary/aromatic N) is 3. The summed E-state index contributed by atoms with van der Waals surface area (Å²) in [5, 5.41) is 17.8.